The number of rotatable bonds is 3. The highest BCUT2D eigenvalue weighted by Crippen LogP contribution is 2.70. The molecule has 5 rings (SSSR count). The number of Topliss-reactive ketones (excluding diaryl/α,β-unsaturated/α-hetero) is 1. The number of nitrogens with zero attached hydrogens (tertiary/aromatic N) is 3. The number of carbonyl (C=O) groups is 2. The van der Waals surface area contributed by atoms with E-state index in [2.05, 4.69) is 50.9 Å². The molecule has 0 saturated heterocycles. The van der Waals surface area contributed by atoms with E-state index in [1.165, 1.54) is 0 Å². The molecule has 0 N–H and O–H groups in total. The molecule has 4 aliphatic carbocycles. The summed E-state index contributed by atoms with van der Waals surface area (Å²) in [6, 6.07) is 2.18. The summed E-state index contributed by atoms with van der Waals surface area (Å²) >= 11 is 0. The van der Waals surface area contributed by atoms with Crippen LogP contribution in [0.5, 0.6) is 0 Å². The first-order valence-corrected chi connectivity index (χ1v) is 14.8. The van der Waals surface area contributed by atoms with Gasteiger partial charge in [-0.1, -0.05) is 53.2 Å². The Hall–Kier alpha value is -2.55. The van der Waals surface area contributed by atoms with E-state index < -0.39 is 5.41 Å². The molecule has 6 heteroatoms. The van der Waals surface area contributed by atoms with Crippen LogP contribution in [0.15, 0.2) is 27.7 Å². The second-order valence-corrected chi connectivity index (χ2v) is 14.9. The van der Waals surface area contributed by atoms with Gasteiger partial charge in [-0.3, -0.25) is 9.59 Å². The molecule has 4 aliphatic rings. The predicted octanol–water partition coefficient (Wildman–Crippen LogP) is 7.24. The fourth-order valence-corrected chi connectivity index (χ4v) is 9.52. The highest BCUT2D eigenvalue weighted by atomic mass is 16.4. The molecule has 1 aromatic heterocycles. The summed E-state index contributed by atoms with van der Waals surface area (Å²) in [4.78, 5) is 25.8. The Kier molecular flexibility index (Phi) is 6.45. The van der Waals surface area contributed by atoms with Crippen molar-refractivity contribution in [3.05, 3.63) is 35.1 Å². The van der Waals surface area contributed by atoms with Crippen molar-refractivity contribution in [3.8, 4) is 6.07 Å². The molecule has 6 nitrogen and oxygen atoms in total. The predicted molar refractivity (Wildman–Crippen MR) is 149 cm³/mol. The van der Waals surface area contributed by atoms with Gasteiger partial charge in [-0.2, -0.15) is 5.26 Å². The maximum atomic E-state index is 13.0. The summed E-state index contributed by atoms with van der Waals surface area (Å²) in [5, 5.41) is 18.7. The van der Waals surface area contributed by atoms with Crippen LogP contribution in [0, 0.1) is 57.7 Å². The first-order chi connectivity index (χ1) is 18.1. The van der Waals surface area contributed by atoms with Gasteiger partial charge in [0.05, 0.1) is 11.0 Å². The van der Waals surface area contributed by atoms with Gasteiger partial charge in [-0.15, -0.1) is 10.2 Å². The molecular formula is C33H45N3O3. The summed E-state index contributed by atoms with van der Waals surface area (Å²) in [6.45, 7) is 17.2. The van der Waals surface area contributed by atoms with Crippen molar-refractivity contribution >= 4 is 11.6 Å². The molecule has 0 aliphatic heterocycles. The lowest BCUT2D eigenvalue weighted by Crippen LogP contribution is -2.57. The maximum Gasteiger partial charge on any atom is 0.222 e. The van der Waals surface area contributed by atoms with E-state index >= 15 is 0 Å². The van der Waals surface area contributed by atoms with Crippen LogP contribution in [0.1, 0.15) is 112 Å². The smallest absolute Gasteiger partial charge is 0.222 e. The molecule has 1 unspecified atom stereocenters. The zero-order chi connectivity index (χ0) is 28.6. The molecule has 7 atom stereocenters. The number of nitriles is 1. The van der Waals surface area contributed by atoms with Crippen molar-refractivity contribution in [2.45, 2.75) is 112 Å². The largest absolute Gasteiger partial charge is 0.425 e. The Morgan fingerprint density at radius 3 is 2.38 bits per heavy atom. The minimum absolute atomic E-state index is 0.0310. The fraction of sp³-hybridized carbons (Fsp3) is 0.727. The van der Waals surface area contributed by atoms with Crippen LogP contribution in [0.3, 0.4) is 0 Å². The SMILES string of the molecule is CC(=O)/C=C1/[C@@]2(C)C=C(C#N)C(=O)[C@@H](C)[C@@H]2CC[C@@]1(C)[C@]1(C)CC[C@@]2(c3nnc(C)o3)CCC(C)(C)CC2C1. The third kappa shape index (κ3) is 4.09. The minimum atomic E-state index is -0.510. The number of ketones is 2. The van der Waals surface area contributed by atoms with Crippen LogP contribution in [0.2, 0.25) is 0 Å². The lowest BCUT2D eigenvalue weighted by Gasteiger charge is -2.64. The molecule has 0 amide bonds. The van der Waals surface area contributed by atoms with E-state index in [-0.39, 0.29) is 50.6 Å². The van der Waals surface area contributed by atoms with Crippen LogP contribution in [0.25, 0.3) is 0 Å². The lowest BCUT2D eigenvalue weighted by molar-refractivity contribution is -0.124. The number of aromatic nitrogens is 2. The molecule has 39 heavy (non-hydrogen) atoms. The quantitative estimate of drug-likeness (QED) is 0.381. The van der Waals surface area contributed by atoms with Crippen molar-refractivity contribution < 1.29 is 14.0 Å². The number of fused-ring (bicyclic) bond motifs is 2. The number of aryl methyl sites for hydroxylation is 1. The zero-order valence-electron chi connectivity index (χ0n) is 25.1. The molecular weight excluding hydrogens is 486 g/mol. The molecule has 0 bridgehead atoms. The van der Waals surface area contributed by atoms with Crippen LogP contribution in [0.4, 0.5) is 0 Å². The van der Waals surface area contributed by atoms with E-state index in [0.29, 0.717) is 11.8 Å². The van der Waals surface area contributed by atoms with E-state index in [9.17, 15) is 14.9 Å². The summed E-state index contributed by atoms with van der Waals surface area (Å²) < 4.78 is 6.15. The molecule has 3 fully saturated rings. The Labute approximate surface area is 233 Å². The zero-order valence-corrected chi connectivity index (χ0v) is 25.1. The molecule has 0 aromatic carbocycles. The highest BCUT2D eigenvalue weighted by molar-refractivity contribution is 6.02. The molecule has 1 aromatic rings. The third-order valence-corrected chi connectivity index (χ3v) is 12.0. The second-order valence-electron chi connectivity index (χ2n) is 14.9. The summed E-state index contributed by atoms with van der Waals surface area (Å²) in [5.74, 6) is 1.66. The summed E-state index contributed by atoms with van der Waals surface area (Å²) in [6.07, 6.45) is 11.9. The van der Waals surface area contributed by atoms with Gasteiger partial charge >= 0.3 is 0 Å². The van der Waals surface area contributed by atoms with Crippen molar-refractivity contribution in [2.75, 3.05) is 0 Å². The van der Waals surface area contributed by atoms with Crippen LogP contribution in [-0.4, -0.2) is 21.8 Å². The molecule has 1 heterocycles. The number of carbonyl (C=O) groups excluding carboxylic acids is 2. The van der Waals surface area contributed by atoms with Crippen molar-refractivity contribution in [3.63, 3.8) is 0 Å². The third-order valence-electron chi connectivity index (χ3n) is 12.0. The second kappa shape index (κ2) is 8.98. The molecule has 210 valence electrons. The number of hydrogen-bond donors (Lipinski definition) is 0. The summed E-state index contributed by atoms with van der Waals surface area (Å²) in [5.41, 5.74) is 0.678. The van der Waals surface area contributed by atoms with E-state index in [1.54, 1.807) is 6.92 Å². The minimum Gasteiger partial charge on any atom is -0.425 e. The van der Waals surface area contributed by atoms with Crippen molar-refractivity contribution in [2.24, 2.45) is 39.4 Å². The van der Waals surface area contributed by atoms with Crippen LogP contribution < -0.4 is 0 Å². The van der Waals surface area contributed by atoms with Gasteiger partial charge in [0.2, 0.25) is 11.8 Å². The van der Waals surface area contributed by atoms with Gasteiger partial charge in [0.15, 0.2) is 11.6 Å². The fourth-order valence-electron chi connectivity index (χ4n) is 9.52. The topological polar surface area (TPSA) is 96.8 Å². The first kappa shape index (κ1) is 28.0. The molecule has 0 radical (unpaired) electrons. The Balaban J connectivity index is 1.61. The monoisotopic (exact) mass is 531 g/mol. The maximum absolute atomic E-state index is 13.0. The van der Waals surface area contributed by atoms with E-state index in [1.807, 2.05) is 26.0 Å². The average Bonchev–Trinajstić information content (AvgIpc) is 3.30. The van der Waals surface area contributed by atoms with E-state index in [4.69, 9.17) is 4.42 Å². The van der Waals surface area contributed by atoms with E-state index in [0.717, 1.165) is 62.8 Å². The Morgan fingerprint density at radius 1 is 1.08 bits per heavy atom. The normalized spacial score (nSPS) is 42.7. The number of hydrogen-bond acceptors (Lipinski definition) is 6. The highest BCUT2D eigenvalue weighted by Gasteiger charge is 2.63. The van der Waals surface area contributed by atoms with Gasteiger partial charge in [0.1, 0.15) is 6.07 Å². The molecule has 3 saturated carbocycles. The molecule has 0 spiro atoms. The van der Waals surface area contributed by atoms with Gasteiger partial charge in [0, 0.05) is 18.3 Å². The Morgan fingerprint density at radius 2 is 1.77 bits per heavy atom. The Bertz CT molecular complexity index is 1310. The van der Waals surface area contributed by atoms with Gasteiger partial charge < -0.3 is 4.42 Å². The average molecular weight is 532 g/mol. The first-order valence-electron chi connectivity index (χ1n) is 14.8. The summed E-state index contributed by atoms with van der Waals surface area (Å²) in [7, 11) is 0. The van der Waals surface area contributed by atoms with Crippen molar-refractivity contribution in [1.29, 1.82) is 5.26 Å². The van der Waals surface area contributed by atoms with Crippen LogP contribution in [-0.2, 0) is 15.0 Å². The van der Waals surface area contributed by atoms with Gasteiger partial charge in [-0.05, 0) is 92.4 Å². The number of allylic oxidation sites excluding steroid dienone is 4. The standard InChI is InChI=1S/C33H45N3O3/c1-20(37)15-26-31(7)16-23(19-34)27(38)21(2)25(31)9-10-32(26,8)30(6)12-14-33(28-36-35-22(3)39-28)13-11-29(4,5)17-24(33)18-30/h15-16,21,24-25H,9-14,17-18H2,1-8H3/b26-15-/t21-,24?,25-,30+,31-,32+,33-/m0/s1. The lowest BCUT2D eigenvalue weighted by atomic mass is 9.40. The van der Waals surface area contributed by atoms with Gasteiger partial charge in [0.25, 0.3) is 0 Å². The van der Waals surface area contributed by atoms with Crippen LogP contribution >= 0.6 is 0 Å². The van der Waals surface area contributed by atoms with Crippen molar-refractivity contribution in [1.82, 2.24) is 10.2 Å². The van der Waals surface area contributed by atoms with Gasteiger partial charge in [-0.25, -0.2) is 0 Å².